The molecule has 10 heteroatoms. The molecule has 158 valence electrons. The Balaban J connectivity index is 1.85. The molecule has 1 unspecified atom stereocenters. The van der Waals surface area contributed by atoms with Crippen molar-refractivity contribution >= 4 is 32.7 Å². The van der Waals surface area contributed by atoms with Crippen LogP contribution < -0.4 is 10.6 Å². The Bertz CT molecular complexity index is 1240. The summed E-state index contributed by atoms with van der Waals surface area (Å²) < 4.78 is 0.815. The summed E-state index contributed by atoms with van der Waals surface area (Å²) in [6.45, 7) is 3.94. The van der Waals surface area contributed by atoms with Crippen LogP contribution in [0.3, 0.4) is 0 Å². The number of amides is 2. The molecule has 0 fully saturated rings. The Morgan fingerprint density at radius 3 is 2.61 bits per heavy atom. The van der Waals surface area contributed by atoms with Gasteiger partial charge in [0.1, 0.15) is 11.9 Å². The topological polar surface area (TPSA) is 133 Å². The molecule has 2 amide bonds. The highest BCUT2D eigenvalue weighted by molar-refractivity contribution is 7.22. The number of carbonyl (C=O) groups excluding carboxylic acids is 1. The van der Waals surface area contributed by atoms with E-state index < -0.39 is 6.10 Å². The molecule has 0 radical (unpaired) electrons. The van der Waals surface area contributed by atoms with E-state index in [9.17, 15) is 15.0 Å². The fourth-order valence-corrected chi connectivity index (χ4v) is 3.98. The van der Waals surface area contributed by atoms with Gasteiger partial charge in [-0.2, -0.15) is 0 Å². The van der Waals surface area contributed by atoms with Gasteiger partial charge in [0.15, 0.2) is 11.0 Å². The van der Waals surface area contributed by atoms with Crippen LogP contribution in [-0.4, -0.2) is 42.7 Å². The van der Waals surface area contributed by atoms with Crippen molar-refractivity contribution in [3.63, 3.8) is 0 Å². The maximum Gasteiger partial charge on any atom is 0.321 e. The second kappa shape index (κ2) is 8.62. The van der Waals surface area contributed by atoms with Crippen molar-refractivity contribution in [3.8, 4) is 28.1 Å². The molecule has 0 saturated carbocycles. The van der Waals surface area contributed by atoms with Gasteiger partial charge in [0.05, 0.1) is 15.9 Å². The van der Waals surface area contributed by atoms with Gasteiger partial charge in [0.25, 0.3) is 0 Å². The number of aromatic hydroxyl groups is 1. The van der Waals surface area contributed by atoms with Gasteiger partial charge in [0.2, 0.25) is 0 Å². The van der Waals surface area contributed by atoms with Crippen LogP contribution in [0, 0.1) is 0 Å². The number of aliphatic hydroxyl groups excluding tert-OH is 1. The largest absolute Gasteiger partial charge is 0.508 e. The number of hydrogen-bond donors (Lipinski definition) is 4. The van der Waals surface area contributed by atoms with E-state index in [1.54, 1.807) is 25.4 Å². The smallest absolute Gasteiger partial charge is 0.321 e. The zero-order valence-electron chi connectivity index (χ0n) is 16.8. The minimum atomic E-state index is -0.759. The van der Waals surface area contributed by atoms with Crippen LogP contribution in [0.25, 0.3) is 32.6 Å². The van der Waals surface area contributed by atoms with Crippen molar-refractivity contribution in [2.24, 2.45) is 0 Å². The molecule has 0 bridgehead atoms. The van der Waals surface area contributed by atoms with E-state index in [0.29, 0.717) is 28.7 Å². The second-order valence-electron chi connectivity index (χ2n) is 6.78. The monoisotopic (exact) mass is 436 g/mol. The van der Waals surface area contributed by atoms with Crippen LogP contribution in [0.4, 0.5) is 9.93 Å². The maximum atomic E-state index is 11.9. The average Bonchev–Trinajstić information content (AvgIpc) is 3.15. The highest BCUT2D eigenvalue weighted by Gasteiger charge is 2.16. The van der Waals surface area contributed by atoms with Crippen LogP contribution in [0.15, 0.2) is 42.9 Å². The third-order valence-corrected chi connectivity index (χ3v) is 5.47. The van der Waals surface area contributed by atoms with Crippen LogP contribution in [-0.2, 0) is 0 Å². The number of hydrogen-bond acceptors (Lipinski definition) is 8. The summed E-state index contributed by atoms with van der Waals surface area (Å²) >= 11 is 1.32. The fourth-order valence-electron chi connectivity index (χ4n) is 3.01. The molecule has 3 aromatic heterocycles. The molecule has 4 N–H and O–H groups in total. The van der Waals surface area contributed by atoms with Crippen molar-refractivity contribution in [2.45, 2.75) is 20.0 Å². The van der Waals surface area contributed by atoms with Gasteiger partial charge in [-0.15, -0.1) is 0 Å². The van der Waals surface area contributed by atoms with Crippen molar-refractivity contribution in [2.75, 3.05) is 11.9 Å². The summed E-state index contributed by atoms with van der Waals surface area (Å²) in [5, 5.41) is 25.4. The SMILES string of the molecule is CCNC(=O)Nc1nc2cc(-c3cnc(C(C)O)nc3)cc(-c3cc(O)ccn3)c2s1. The standard InChI is InChI=1S/C21H20N6O3S/c1-3-22-20(30)27-21-26-17-7-12(13-9-24-19(11(2)28)25-10-13)6-15(18(17)31-21)16-8-14(29)4-5-23-16/h4-11,28H,3H2,1-2H3,(H,23,29)(H2,22,26,27,30). The molecule has 0 aliphatic heterocycles. The van der Waals surface area contributed by atoms with Crippen LogP contribution >= 0.6 is 11.3 Å². The summed E-state index contributed by atoms with van der Waals surface area (Å²) in [6.07, 6.45) is 4.04. The first kappa shape index (κ1) is 20.6. The zero-order chi connectivity index (χ0) is 22.0. The highest BCUT2D eigenvalue weighted by atomic mass is 32.1. The van der Waals surface area contributed by atoms with Gasteiger partial charge >= 0.3 is 6.03 Å². The highest BCUT2D eigenvalue weighted by Crippen LogP contribution is 2.38. The molecule has 0 aliphatic carbocycles. The number of pyridine rings is 1. The van der Waals surface area contributed by atoms with E-state index in [1.807, 2.05) is 19.1 Å². The van der Waals surface area contributed by atoms with E-state index >= 15 is 0 Å². The van der Waals surface area contributed by atoms with E-state index in [2.05, 4.69) is 30.6 Å². The Labute approximate surface area is 181 Å². The van der Waals surface area contributed by atoms with Gasteiger partial charge in [-0.25, -0.2) is 19.7 Å². The molecule has 31 heavy (non-hydrogen) atoms. The summed E-state index contributed by atoms with van der Waals surface area (Å²) in [5.41, 5.74) is 3.51. The number of fused-ring (bicyclic) bond motifs is 1. The average molecular weight is 436 g/mol. The maximum absolute atomic E-state index is 11.9. The number of rotatable bonds is 5. The Kier molecular flexibility index (Phi) is 5.74. The summed E-state index contributed by atoms with van der Waals surface area (Å²) in [6, 6.07) is 6.53. The van der Waals surface area contributed by atoms with Crippen molar-refractivity contribution in [1.82, 2.24) is 25.3 Å². The predicted molar refractivity (Wildman–Crippen MR) is 119 cm³/mol. The molecule has 1 aromatic carbocycles. The number of carbonyl (C=O) groups is 1. The quantitative estimate of drug-likeness (QED) is 0.375. The summed E-state index contributed by atoms with van der Waals surface area (Å²) in [4.78, 5) is 29.3. The lowest BCUT2D eigenvalue weighted by molar-refractivity contribution is 0.189. The molecule has 4 rings (SSSR count). The zero-order valence-corrected chi connectivity index (χ0v) is 17.6. The van der Waals surface area contributed by atoms with Crippen molar-refractivity contribution in [3.05, 3.63) is 48.7 Å². The molecule has 3 heterocycles. The fraction of sp³-hybridized carbons (Fsp3) is 0.190. The van der Waals surface area contributed by atoms with Gasteiger partial charge in [-0.1, -0.05) is 11.3 Å². The summed E-state index contributed by atoms with van der Waals surface area (Å²) in [7, 11) is 0. The Morgan fingerprint density at radius 2 is 1.94 bits per heavy atom. The van der Waals surface area contributed by atoms with E-state index in [-0.39, 0.29) is 11.8 Å². The molecule has 0 saturated heterocycles. The number of benzene rings is 1. The van der Waals surface area contributed by atoms with Gasteiger partial charge in [0, 0.05) is 42.3 Å². The van der Waals surface area contributed by atoms with Crippen LogP contribution in [0.5, 0.6) is 5.75 Å². The van der Waals surface area contributed by atoms with E-state index in [4.69, 9.17) is 0 Å². The number of nitrogens with zero attached hydrogens (tertiary/aromatic N) is 4. The third kappa shape index (κ3) is 4.44. The number of thiazole rings is 1. The number of nitrogens with one attached hydrogen (secondary N) is 2. The molecule has 0 aliphatic rings. The Hall–Kier alpha value is -3.63. The Morgan fingerprint density at radius 1 is 1.16 bits per heavy atom. The number of aliphatic hydroxyl groups is 1. The number of aromatic nitrogens is 4. The first-order valence-electron chi connectivity index (χ1n) is 9.59. The van der Waals surface area contributed by atoms with Crippen LogP contribution in [0.1, 0.15) is 25.8 Å². The normalized spacial score (nSPS) is 12.0. The van der Waals surface area contributed by atoms with E-state index in [1.165, 1.54) is 23.6 Å². The van der Waals surface area contributed by atoms with Crippen LogP contribution in [0.2, 0.25) is 0 Å². The molecule has 1 atom stereocenters. The third-order valence-electron chi connectivity index (χ3n) is 4.45. The van der Waals surface area contributed by atoms with Crippen molar-refractivity contribution < 1.29 is 15.0 Å². The lowest BCUT2D eigenvalue weighted by atomic mass is 10.0. The van der Waals surface area contributed by atoms with Gasteiger partial charge in [-0.05, 0) is 37.6 Å². The lowest BCUT2D eigenvalue weighted by Crippen LogP contribution is -2.28. The molecule has 4 aromatic rings. The van der Waals surface area contributed by atoms with Gasteiger partial charge < -0.3 is 15.5 Å². The number of anilines is 1. The molecular weight excluding hydrogens is 416 g/mol. The minimum Gasteiger partial charge on any atom is -0.508 e. The first-order chi connectivity index (χ1) is 14.9. The second-order valence-corrected chi connectivity index (χ2v) is 7.78. The predicted octanol–water partition coefficient (Wildman–Crippen LogP) is 3.72. The minimum absolute atomic E-state index is 0.0957. The first-order valence-corrected chi connectivity index (χ1v) is 10.4. The van der Waals surface area contributed by atoms with Crippen molar-refractivity contribution in [1.29, 1.82) is 0 Å². The summed E-state index contributed by atoms with van der Waals surface area (Å²) in [5.74, 6) is 0.431. The lowest BCUT2D eigenvalue weighted by Gasteiger charge is -2.08. The van der Waals surface area contributed by atoms with E-state index in [0.717, 1.165) is 21.4 Å². The number of urea groups is 1. The van der Waals surface area contributed by atoms with Gasteiger partial charge in [-0.3, -0.25) is 10.3 Å². The molecule has 0 spiro atoms. The molecular formula is C21H20N6O3S. The molecule has 9 nitrogen and oxygen atoms in total.